The molecule has 0 spiro atoms. The lowest BCUT2D eigenvalue weighted by Gasteiger charge is -2.24. The molecule has 12 heteroatoms. The van der Waals surface area contributed by atoms with E-state index >= 15 is 0 Å². The number of aromatic nitrogens is 1. The molecule has 4 unspecified atom stereocenters. The van der Waals surface area contributed by atoms with Gasteiger partial charge in [0.25, 0.3) is 0 Å². The van der Waals surface area contributed by atoms with E-state index in [1.807, 2.05) is 30.5 Å². The van der Waals surface area contributed by atoms with Gasteiger partial charge in [-0.15, -0.1) is 0 Å². The van der Waals surface area contributed by atoms with E-state index in [1.165, 1.54) is 6.92 Å². The number of nitrogens with one attached hydrogen (secondary N) is 4. The van der Waals surface area contributed by atoms with Crippen LogP contribution in [-0.2, 0) is 25.6 Å². The monoisotopic (exact) mass is 509 g/mol. The number of H-pyrrole nitrogens is 1. The van der Waals surface area contributed by atoms with Gasteiger partial charge in [-0.1, -0.05) is 18.2 Å². The minimum Gasteiger partial charge on any atom is -0.480 e. The lowest BCUT2D eigenvalue weighted by Crippen LogP contribution is -2.58. The molecule has 2 rings (SSSR count). The number of amides is 3. The first-order chi connectivity index (χ1) is 16.2. The molecule has 0 aliphatic carbocycles. The van der Waals surface area contributed by atoms with Crippen molar-refractivity contribution < 1.29 is 24.3 Å². The Morgan fingerprint density at radius 1 is 1.09 bits per heavy atom. The van der Waals surface area contributed by atoms with Crippen LogP contribution in [0.25, 0.3) is 10.9 Å². The van der Waals surface area contributed by atoms with E-state index in [9.17, 15) is 19.2 Å². The average Bonchev–Trinajstić information content (AvgIpc) is 3.22. The van der Waals surface area contributed by atoms with Crippen LogP contribution in [0.2, 0.25) is 0 Å². The molecule has 1 aromatic heterocycles. The quantitative estimate of drug-likeness (QED) is 0.190. The largest absolute Gasteiger partial charge is 0.480 e. The SMILES string of the molecule is CSCCC(N)C(=O)NC(CS)C(=O)NC(Cc1c[nH]c2ccccc12)C(=O)NC(C)C(=O)O. The number of aromatic amines is 1. The lowest BCUT2D eigenvalue weighted by molar-refractivity contribution is -0.141. The summed E-state index contributed by atoms with van der Waals surface area (Å²) in [6.45, 7) is 1.33. The van der Waals surface area contributed by atoms with Crippen LogP contribution in [0.5, 0.6) is 0 Å². The zero-order chi connectivity index (χ0) is 25.3. The molecule has 1 heterocycles. The van der Waals surface area contributed by atoms with Crippen molar-refractivity contribution in [2.45, 2.75) is 43.9 Å². The highest BCUT2D eigenvalue weighted by Gasteiger charge is 2.29. The maximum Gasteiger partial charge on any atom is 0.325 e. The molecule has 10 nitrogen and oxygen atoms in total. The summed E-state index contributed by atoms with van der Waals surface area (Å²) in [6, 6.07) is 3.45. The summed E-state index contributed by atoms with van der Waals surface area (Å²) in [6.07, 6.45) is 4.19. The van der Waals surface area contributed by atoms with Crippen LogP contribution >= 0.6 is 24.4 Å². The summed E-state index contributed by atoms with van der Waals surface area (Å²) in [5.41, 5.74) is 7.51. The summed E-state index contributed by atoms with van der Waals surface area (Å²) in [7, 11) is 0. The van der Waals surface area contributed by atoms with Gasteiger partial charge in [0.15, 0.2) is 0 Å². The Morgan fingerprint density at radius 3 is 2.38 bits per heavy atom. The van der Waals surface area contributed by atoms with Crippen LogP contribution in [0, 0.1) is 0 Å². The van der Waals surface area contributed by atoms with Crippen molar-refractivity contribution in [3.05, 3.63) is 36.0 Å². The number of thioether (sulfide) groups is 1. The van der Waals surface area contributed by atoms with Crippen molar-refractivity contribution >= 4 is 59.0 Å². The van der Waals surface area contributed by atoms with Crippen LogP contribution in [0.15, 0.2) is 30.5 Å². The smallest absolute Gasteiger partial charge is 0.325 e. The molecular weight excluding hydrogens is 478 g/mol. The number of hydrogen-bond donors (Lipinski definition) is 7. The van der Waals surface area contributed by atoms with Crippen molar-refractivity contribution in [2.24, 2.45) is 5.73 Å². The Balaban J connectivity index is 2.18. The standard InChI is InChI=1S/C22H31N5O5S2/c1-12(22(31)32)25-20(29)17(9-13-10-24-16-6-4-3-5-14(13)16)26-21(30)18(11-33)27-19(28)15(23)7-8-34-2/h3-6,10,12,15,17-18,24,33H,7-9,11,23H2,1-2H3,(H,25,29)(H,26,30)(H,27,28)(H,31,32). The zero-order valence-corrected chi connectivity index (χ0v) is 20.7. The van der Waals surface area contributed by atoms with Gasteiger partial charge in [-0.25, -0.2) is 0 Å². The van der Waals surface area contributed by atoms with Gasteiger partial charge in [0.2, 0.25) is 17.7 Å². The Bertz CT molecular complexity index is 1010. The van der Waals surface area contributed by atoms with Crippen molar-refractivity contribution in [1.29, 1.82) is 0 Å². The number of carboxylic acids is 1. The molecule has 34 heavy (non-hydrogen) atoms. The number of thiol groups is 1. The molecule has 186 valence electrons. The van der Waals surface area contributed by atoms with Gasteiger partial charge >= 0.3 is 5.97 Å². The third-order valence-electron chi connectivity index (χ3n) is 5.25. The fourth-order valence-electron chi connectivity index (χ4n) is 3.23. The summed E-state index contributed by atoms with van der Waals surface area (Å²) < 4.78 is 0. The van der Waals surface area contributed by atoms with E-state index in [0.29, 0.717) is 12.2 Å². The van der Waals surface area contributed by atoms with Crippen LogP contribution in [0.3, 0.4) is 0 Å². The van der Waals surface area contributed by atoms with Crippen molar-refractivity contribution in [1.82, 2.24) is 20.9 Å². The molecule has 1 aromatic carbocycles. The van der Waals surface area contributed by atoms with Crippen LogP contribution < -0.4 is 21.7 Å². The Hall–Kier alpha value is -2.70. The van der Waals surface area contributed by atoms with Crippen molar-refractivity contribution in [3.63, 3.8) is 0 Å². The van der Waals surface area contributed by atoms with Crippen molar-refractivity contribution in [2.75, 3.05) is 17.8 Å². The summed E-state index contributed by atoms with van der Waals surface area (Å²) in [4.78, 5) is 52.5. The molecule has 3 amide bonds. The number of rotatable bonds is 13. The molecule has 2 aromatic rings. The second-order valence-electron chi connectivity index (χ2n) is 7.83. The first-order valence-corrected chi connectivity index (χ1v) is 12.7. The maximum atomic E-state index is 12.9. The van der Waals surface area contributed by atoms with E-state index in [0.717, 1.165) is 16.5 Å². The fourth-order valence-corrected chi connectivity index (χ4v) is 3.97. The van der Waals surface area contributed by atoms with Gasteiger partial charge in [-0.05, 0) is 37.0 Å². The number of carboxylic acid groups (broad SMARTS) is 1. The highest BCUT2D eigenvalue weighted by molar-refractivity contribution is 7.98. The topological polar surface area (TPSA) is 166 Å². The molecule has 0 aliphatic heterocycles. The molecule has 7 N–H and O–H groups in total. The third kappa shape index (κ3) is 7.67. The van der Waals surface area contributed by atoms with Gasteiger partial charge in [0.1, 0.15) is 18.1 Å². The van der Waals surface area contributed by atoms with Gasteiger partial charge in [-0.2, -0.15) is 24.4 Å². The second kappa shape index (κ2) is 13.3. The summed E-state index contributed by atoms with van der Waals surface area (Å²) >= 11 is 5.71. The molecule has 0 saturated carbocycles. The Labute approximate surface area is 207 Å². The summed E-state index contributed by atoms with van der Waals surface area (Å²) in [5, 5.41) is 17.6. The maximum absolute atomic E-state index is 12.9. The summed E-state index contributed by atoms with van der Waals surface area (Å²) in [5.74, 6) is -2.29. The van der Waals surface area contributed by atoms with Gasteiger partial charge < -0.3 is 31.8 Å². The molecule has 0 radical (unpaired) electrons. The van der Waals surface area contributed by atoms with Gasteiger partial charge in [0, 0.05) is 29.3 Å². The molecular formula is C22H31N5O5S2. The molecule has 0 saturated heterocycles. The number of benzene rings is 1. The number of para-hydroxylation sites is 1. The number of nitrogens with two attached hydrogens (primary N) is 1. The lowest BCUT2D eigenvalue weighted by atomic mass is 10.0. The molecule has 0 aliphatic rings. The molecule has 0 bridgehead atoms. The van der Waals surface area contributed by atoms with Crippen LogP contribution in [0.4, 0.5) is 0 Å². The van der Waals surface area contributed by atoms with Crippen LogP contribution in [-0.4, -0.2) is 75.7 Å². The first kappa shape index (κ1) is 27.5. The molecule has 0 fully saturated rings. The number of fused-ring (bicyclic) bond motifs is 1. The zero-order valence-electron chi connectivity index (χ0n) is 19.0. The fraction of sp³-hybridized carbons (Fsp3) is 0.455. The number of aliphatic carboxylic acids is 1. The van der Waals surface area contributed by atoms with Crippen LogP contribution in [0.1, 0.15) is 18.9 Å². The predicted octanol–water partition coefficient (Wildman–Crippen LogP) is 0.280. The number of hydrogen-bond acceptors (Lipinski definition) is 7. The number of carbonyl (C=O) groups excluding carboxylic acids is 3. The highest BCUT2D eigenvalue weighted by Crippen LogP contribution is 2.19. The van der Waals surface area contributed by atoms with Crippen molar-refractivity contribution in [3.8, 4) is 0 Å². The number of carbonyl (C=O) groups is 4. The Morgan fingerprint density at radius 2 is 1.74 bits per heavy atom. The first-order valence-electron chi connectivity index (χ1n) is 10.7. The average molecular weight is 510 g/mol. The minimum absolute atomic E-state index is 0.0141. The Kier molecular flexibility index (Phi) is 10.7. The highest BCUT2D eigenvalue weighted by atomic mass is 32.2. The third-order valence-corrected chi connectivity index (χ3v) is 6.26. The van der Waals surface area contributed by atoms with E-state index < -0.39 is 47.9 Å². The van der Waals surface area contributed by atoms with E-state index in [4.69, 9.17) is 10.8 Å². The van der Waals surface area contributed by atoms with Gasteiger partial charge in [0.05, 0.1) is 6.04 Å². The molecule has 4 atom stereocenters. The van der Waals surface area contributed by atoms with E-state index in [-0.39, 0.29) is 12.2 Å². The predicted molar refractivity (Wildman–Crippen MR) is 136 cm³/mol. The van der Waals surface area contributed by atoms with E-state index in [2.05, 4.69) is 33.6 Å². The second-order valence-corrected chi connectivity index (χ2v) is 9.18. The van der Waals surface area contributed by atoms with E-state index in [1.54, 1.807) is 18.0 Å². The minimum atomic E-state index is -1.20. The van der Waals surface area contributed by atoms with Gasteiger partial charge in [-0.3, -0.25) is 19.2 Å². The normalized spacial score (nSPS) is 14.6.